The third-order valence-corrected chi connectivity index (χ3v) is 4.98. The third-order valence-electron chi connectivity index (χ3n) is 3.40. The normalized spacial score (nSPS) is 16.4. The van der Waals surface area contributed by atoms with Crippen LogP contribution in [0.5, 0.6) is 0 Å². The Hall–Kier alpha value is -2.22. The Morgan fingerprint density at radius 2 is 2.00 bits per heavy atom. The van der Waals surface area contributed by atoms with Gasteiger partial charge in [0, 0.05) is 13.0 Å². The van der Waals surface area contributed by atoms with Crippen molar-refractivity contribution in [3.05, 3.63) is 35.4 Å². The number of rotatable bonds is 7. The molecule has 7 nitrogen and oxygen atoms in total. The van der Waals surface area contributed by atoms with Crippen molar-refractivity contribution >= 4 is 28.6 Å². The second-order valence-corrected chi connectivity index (χ2v) is 6.47. The van der Waals surface area contributed by atoms with Crippen molar-refractivity contribution < 1.29 is 28.4 Å². The van der Waals surface area contributed by atoms with Gasteiger partial charge in [-0.05, 0) is 24.6 Å². The molecule has 0 spiro atoms. The Bertz CT molecular complexity index is 642. The van der Waals surface area contributed by atoms with Gasteiger partial charge >= 0.3 is 11.9 Å². The maximum atomic E-state index is 12.3. The fourth-order valence-corrected chi connectivity index (χ4v) is 3.57. The minimum absolute atomic E-state index is 0.0101. The van der Waals surface area contributed by atoms with Gasteiger partial charge in [0.05, 0.1) is 28.7 Å². The molecule has 0 bridgehead atoms. The summed E-state index contributed by atoms with van der Waals surface area (Å²) in [5, 5.41) is 7.87. The van der Waals surface area contributed by atoms with Gasteiger partial charge in [0.25, 0.3) is 0 Å². The first-order valence-electron chi connectivity index (χ1n) is 7.09. The minimum atomic E-state index is -1.77. The quantitative estimate of drug-likeness (QED) is 0.581. The number of carbonyl (C=O) groups excluding carboxylic acids is 2. The predicted molar refractivity (Wildman–Crippen MR) is 82.0 cm³/mol. The van der Waals surface area contributed by atoms with Gasteiger partial charge in [0.15, 0.2) is 0 Å². The Balaban J connectivity index is 2.05. The lowest BCUT2D eigenvalue weighted by Crippen LogP contribution is -2.55. The number of carboxylic acid groups (broad SMARTS) is 1. The Labute approximate surface area is 135 Å². The van der Waals surface area contributed by atoms with Crippen LogP contribution in [0.15, 0.2) is 24.3 Å². The summed E-state index contributed by atoms with van der Waals surface area (Å²) in [5.41, 5.74) is 0.990. The second-order valence-electron chi connectivity index (χ2n) is 4.97. The van der Waals surface area contributed by atoms with E-state index in [4.69, 9.17) is 4.74 Å². The highest BCUT2D eigenvalue weighted by molar-refractivity contribution is 7.85. The summed E-state index contributed by atoms with van der Waals surface area (Å²) in [6.07, 6.45) is 0.287. The van der Waals surface area contributed by atoms with E-state index < -0.39 is 28.1 Å². The van der Waals surface area contributed by atoms with Crippen LogP contribution in [0, 0.1) is 0 Å². The van der Waals surface area contributed by atoms with Crippen LogP contribution in [0.3, 0.4) is 0 Å². The van der Waals surface area contributed by atoms with Gasteiger partial charge in [0.1, 0.15) is 0 Å². The van der Waals surface area contributed by atoms with Crippen LogP contribution in [-0.2, 0) is 30.9 Å². The highest BCUT2D eigenvalue weighted by Gasteiger charge is 2.39. The molecule has 1 N–H and O–H groups in total. The number of aliphatic carboxylic acids is 1. The monoisotopic (exact) mass is 339 g/mol. The molecule has 0 aliphatic carbocycles. The number of amides is 1. The molecule has 1 aromatic carbocycles. The van der Waals surface area contributed by atoms with Crippen LogP contribution in [0.1, 0.15) is 29.3 Å². The average molecular weight is 339 g/mol. The van der Waals surface area contributed by atoms with E-state index >= 15 is 0 Å². The van der Waals surface area contributed by atoms with Crippen LogP contribution < -0.4 is 0 Å². The van der Waals surface area contributed by atoms with Crippen molar-refractivity contribution in [3.8, 4) is 0 Å². The molecule has 2 atom stereocenters. The number of benzene rings is 1. The Morgan fingerprint density at radius 3 is 2.43 bits per heavy atom. The predicted octanol–water partition coefficient (Wildman–Crippen LogP) is 0.755. The lowest BCUT2D eigenvalue weighted by molar-refractivity contribution is -0.151. The molecule has 2 unspecified atom stereocenters. The van der Waals surface area contributed by atoms with E-state index in [1.807, 2.05) is 0 Å². The fraction of sp³-hybridized carbons (Fsp3) is 0.400. The fourth-order valence-electron chi connectivity index (χ4n) is 2.16. The molecule has 1 aliphatic rings. The molecule has 1 heterocycles. The zero-order valence-corrected chi connectivity index (χ0v) is 13.4. The zero-order valence-electron chi connectivity index (χ0n) is 12.6. The summed E-state index contributed by atoms with van der Waals surface area (Å²) in [6, 6.07) is 6.27. The van der Waals surface area contributed by atoms with Gasteiger partial charge in [-0.25, -0.2) is 9.59 Å². The third kappa shape index (κ3) is 3.95. The molecular formula is C15H17NO6S. The number of carboxylic acids is 1. The zero-order chi connectivity index (χ0) is 17.0. The van der Waals surface area contributed by atoms with Gasteiger partial charge in [0.2, 0.25) is 11.3 Å². The van der Waals surface area contributed by atoms with Crippen molar-refractivity contribution in [1.29, 1.82) is 0 Å². The van der Waals surface area contributed by atoms with Gasteiger partial charge < -0.3 is 14.7 Å². The van der Waals surface area contributed by atoms with Gasteiger partial charge in [-0.15, -0.1) is 0 Å². The van der Waals surface area contributed by atoms with E-state index in [1.165, 1.54) is 12.1 Å². The van der Waals surface area contributed by atoms with Crippen LogP contribution in [0.25, 0.3) is 0 Å². The van der Waals surface area contributed by atoms with Crippen molar-refractivity contribution in [3.63, 3.8) is 0 Å². The van der Waals surface area contributed by atoms with Crippen molar-refractivity contribution in [2.45, 2.75) is 24.5 Å². The van der Waals surface area contributed by atoms with Crippen molar-refractivity contribution in [1.82, 2.24) is 4.90 Å². The van der Waals surface area contributed by atoms with E-state index in [-0.39, 0.29) is 24.7 Å². The van der Waals surface area contributed by atoms with Crippen molar-refractivity contribution in [2.75, 3.05) is 13.2 Å². The Morgan fingerprint density at radius 1 is 1.35 bits per heavy atom. The first kappa shape index (κ1) is 17.1. The van der Waals surface area contributed by atoms with Crippen LogP contribution in [0.4, 0.5) is 0 Å². The van der Waals surface area contributed by atoms with Crippen LogP contribution in [0.2, 0.25) is 0 Å². The van der Waals surface area contributed by atoms with E-state index in [0.29, 0.717) is 17.7 Å². The first-order chi connectivity index (χ1) is 10.9. The summed E-state index contributed by atoms with van der Waals surface area (Å²) in [5.74, 6) is -2.04. The second kappa shape index (κ2) is 7.36. The number of β-lactam (4-membered cyclic amide) rings is 1. The number of esters is 1. The maximum Gasteiger partial charge on any atom is 0.339 e. The molecule has 1 aliphatic heterocycles. The number of hydrogen-bond acceptors (Lipinski definition) is 5. The smallest absolute Gasteiger partial charge is 0.339 e. The SMILES string of the molecule is CCOC(=O)c1ccc(CS(=O)C(C(=O)O)N2CCC2=O)cc1. The number of hydrogen-bond donors (Lipinski definition) is 1. The molecule has 124 valence electrons. The van der Waals surface area contributed by atoms with Gasteiger partial charge in [-0.1, -0.05) is 12.1 Å². The molecule has 0 aromatic heterocycles. The van der Waals surface area contributed by atoms with Crippen LogP contribution in [-0.4, -0.2) is 50.6 Å². The molecule has 2 rings (SSSR count). The van der Waals surface area contributed by atoms with E-state index in [0.717, 1.165) is 4.90 Å². The van der Waals surface area contributed by atoms with Crippen LogP contribution >= 0.6 is 0 Å². The lowest BCUT2D eigenvalue weighted by atomic mass is 10.1. The maximum absolute atomic E-state index is 12.3. The summed E-state index contributed by atoms with van der Waals surface area (Å²) in [6.45, 7) is 2.29. The van der Waals surface area contributed by atoms with E-state index in [1.54, 1.807) is 19.1 Å². The number of likely N-dealkylation sites (tertiary alicyclic amines) is 1. The lowest BCUT2D eigenvalue weighted by Gasteiger charge is -2.35. The molecule has 1 saturated heterocycles. The number of nitrogens with zero attached hydrogens (tertiary/aromatic N) is 1. The highest BCUT2D eigenvalue weighted by Crippen LogP contribution is 2.19. The largest absolute Gasteiger partial charge is 0.479 e. The van der Waals surface area contributed by atoms with Crippen molar-refractivity contribution in [2.24, 2.45) is 0 Å². The first-order valence-corrected chi connectivity index (χ1v) is 8.47. The number of carbonyl (C=O) groups is 3. The summed E-state index contributed by atoms with van der Waals surface area (Å²) < 4.78 is 17.2. The molecular weight excluding hydrogens is 322 g/mol. The average Bonchev–Trinajstić information content (AvgIpc) is 2.51. The molecule has 1 aromatic rings. The topological polar surface area (TPSA) is 101 Å². The summed E-state index contributed by atoms with van der Waals surface area (Å²) in [4.78, 5) is 35.3. The minimum Gasteiger partial charge on any atom is -0.479 e. The molecule has 8 heteroatoms. The standard InChI is InChI=1S/C15H17NO6S/c1-2-22-15(20)11-5-3-10(4-6-11)9-23(21)13(14(18)19)16-8-7-12(16)17/h3-6,13H,2,7-9H2,1H3,(H,18,19). The Kier molecular flexibility index (Phi) is 5.49. The summed E-state index contributed by atoms with van der Waals surface area (Å²) >= 11 is 0. The highest BCUT2D eigenvalue weighted by atomic mass is 32.2. The molecule has 0 saturated carbocycles. The molecule has 1 amide bonds. The van der Waals surface area contributed by atoms with E-state index in [9.17, 15) is 23.7 Å². The molecule has 1 fully saturated rings. The van der Waals surface area contributed by atoms with Gasteiger partial charge in [-0.2, -0.15) is 0 Å². The summed E-state index contributed by atoms with van der Waals surface area (Å²) in [7, 11) is -1.77. The van der Waals surface area contributed by atoms with Gasteiger partial charge in [-0.3, -0.25) is 9.00 Å². The molecule has 0 radical (unpaired) electrons. The van der Waals surface area contributed by atoms with E-state index in [2.05, 4.69) is 0 Å². The molecule has 23 heavy (non-hydrogen) atoms. The number of ether oxygens (including phenoxy) is 1.